The molecular weight excluding hydrogens is 378 g/mol. The standard InChI is InChI=1S/C21H24ClN3O3/c1-15-2-8-19(9-3-15)28-14-20(26)23-11-17-12-25(13-17)21(27)24-10-16-4-6-18(22)7-5-16/h2-9,17H,10-14H2,1H3,(H,23,26)(H,24,27). The number of hydrogen-bond donors (Lipinski definition) is 2. The maximum absolute atomic E-state index is 12.1. The number of halogens is 1. The first-order valence-electron chi connectivity index (χ1n) is 9.23. The zero-order valence-corrected chi connectivity index (χ0v) is 16.5. The van der Waals surface area contributed by atoms with Crippen molar-refractivity contribution in [2.75, 3.05) is 26.2 Å². The second-order valence-corrected chi connectivity index (χ2v) is 7.40. The number of nitrogens with zero attached hydrogens (tertiary/aromatic N) is 1. The Morgan fingerprint density at radius 1 is 1.07 bits per heavy atom. The molecule has 0 spiro atoms. The molecule has 148 valence electrons. The molecule has 3 amide bonds. The predicted octanol–water partition coefficient (Wildman–Crippen LogP) is 2.99. The number of nitrogens with one attached hydrogen (secondary N) is 2. The molecule has 7 heteroatoms. The Kier molecular flexibility index (Phi) is 6.76. The molecule has 1 aliphatic rings. The second kappa shape index (κ2) is 9.46. The quantitative estimate of drug-likeness (QED) is 0.749. The summed E-state index contributed by atoms with van der Waals surface area (Å²) in [7, 11) is 0. The summed E-state index contributed by atoms with van der Waals surface area (Å²) in [6, 6.07) is 14.8. The maximum Gasteiger partial charge on any atom is 0.317 e. The monoisotopic (exact) mass is 401 g/mol. The smallest absolute Gasteiger partial charge is 0.317 e. The highest BCUT2D eigenvalue weighted by atomic mass is 35.5. The van der Waals surface area contributed by atoms with Gasteiger partial charge in [-0.1, -0.05) is 41.4 Å². The van der Waals surface area contributed by atoms with Gasteiger partial charge in [0.2, 0.25) is 0 Å². The van der Waals surface area contributed by atoms with E-state index in [2.05, 4.69) is 10.6 Å². The first-order valence-corrected chi connectivity index (χ1v) is 9.61. The Hall–Kier alpha value is -2.73. The van der Waals surface area contributed by atoms with Crippen LogP contribution < -0.4 is 15.4 Å². The lowest BCUT2D eigenvalue weighted by atomic mass is 10.0. The molecule has 1 fully saturated rings. The third-order valence-corrected chi connectivity index (χ3v) is 4.83. The van der Waals surface area contributed by atoms with Gasteiger partial charge in [0, 0.05) is 37.1 Å². The number of aryl methyl sites for hydroxylation is 1. The van der Waals surface area contributed by atoms with Gasteiger partial charge in [-0.15, -0.1) is 0 Å². The number of hydrogen-bond acceptors (Lipinski definition) is 3. The number of amides is 3. The van der Waals surface area contributed by atoms with Crippen molar-refractivity contribution in [1.82, 2.24) is 15.5 Å². The zero-order valence-electron chi connectivity index (χ0n) is 15.8. The van der Waals surface area contributed by atoms with E-state index in [0.717, 1.165) is 11.1 Å². The van der Waals surface area contributed by atoms with Gasteiger partial charge >= 0.3 is 6.03 Å². The summed E-state index contributed by atoms with van der Waals surface area (Å²) in [4.78, 5) is 25.7. The molecule has 1 aliphatic heterocycles. The topological polar surface area (TPSA) is 70.7 Å². The van der Waals surface area contributed by atoms with E-state index in [9.17, 15) is 9.59 Å². The molecule has 0 saturated carbocycles. The molecule has 0 bridgehead atoms. The maximum atomic E-state index is 12.1. The highest BCUT2D eigenvalue weighted by Crippen LogP contribution is 2.15. The molecule has 6 nitrogen and oxygen atoms in total. The van der Waals surface area contributed by atoms with Crippen LogP contribution in [0.3, 0.4) is 0 Å². The summed E-state index contributed by atoms with van der Waals surface area (Å²) < 4.78 is 5.45. The van der Waals surface area contributed by atoms with E-state index in [0.29, 0.717) is 37.0 Å². The number of rotatable bonds is 7. The lowest BCUT2D eigenvalue weighted by Gasteiger charge is -2.39. The zero-order chi connectivity index (χ0) is 19.9. The van der Waals surface area contributed by atoms with E-state index in [1.54, 1.807) is 17.0 Å². The Morgan fingerprint density at radius 2 is 1.75 bits per heavy atom. The Bertz CT molecular complexity index is 800. The van der Waals surface area contributed by atoms with Crippen molar-refractivity contribution in [3.8, 4) is 5.75 Å². The van der Waals surface area contributed by atoms with Crippen LogP contribution in [0.5, 0.6) is 5.75 Å². The molecule has 0 unspecified atom stereocenters. The van der Waals surface area contributed by atoms with Gasteiger partial charge in [-0.2, -0.15) is 0 Å². The molecule has 1 saturated heterocycles. The van der Waals surface area contributed by atoms with Gasteiger partial charge in [-0.3, -0.25) is 4.79 Å². The molecule has 28 heavy (non-hydrogen) atoms. The third kappa shape index (κ3) is 5.89. The number of benzene rings is 2. The summed E-state index contributed by atoms with van der Waals surface area (Å²) in [6.07, 6.45) is 0. The van der Waals surface area contributed by atoms with Crippen molar-refractivity contribution in [3.63, 3.8) is 0 Å². The van der Waals surface area contributed by atoms with Crippen LogP contribution in [-0.4, -0.2) is 43.1 Å². The van der Waals surface area contributed by atoms with E-state index >= 15 is 0 Å². The van der Waals surface area contributed by atoms with Crippen LogP contribution >= 0.6 is 11.6 Å². The summed E-state index contributed by atoms with van der Waals surface area (Å²) >= 11 is 5.85. The van der Waals surface area contributed by atoms with Gasteiger partial charge < -0.3 is 20.3 Å². The highest BCUT2D eigenvalue weighted by molar-refractivity contribution is 6.30. The third-order valence-electron chi connectivity index (χ3n) is 4.58. The summed E-state index contributed by atoms with van der Waals surface area (Å²) in [5.41, 5.74) is 2.14. The van der Waals surface area contributed by atoms with E-state index in [-0.39, 0.29) is 24.5 Å². The van der Waals surface area contributed by atoms with Gasteiger partial charge in [-0.05, 0) is 36.8 Å². The average Bonchev–Trinajstić information content (AvgIpc) is 2.66. The molecule has 0 radical (unpaired) electrons. The fraction of sp³-hybridized carbons (Fsp3) is 0.333. The van der Waals surface area contributed by atoms with E-state index in [4.69, 9.17) is 16.3 Å². The number of ether oxygens (including phenoxy) is 1. The fourth-order valence-corrected chi connectivity index (χ4v) is 2.98. The molecule has 2 N–H and O–H groups in total. The lowest BCUT2D eigenvalue weighted by molar-refractivity contribution is -0.123. The lowest BCUT2D eigenvalue weighted by Crippen LogP contribution is -2.56. The predicted molar refractivity (Wildman–Crippen MR) is 108 cm³/mol. The fourth-order valence-electron chi connectivity index (χ4n) is 2.85. The number of carbonyl (C=O) groups is 2. The molecule has 2 aromatic rings. The summed E-state index contributed by atoms with van der Waals surface area (Å²) in [5.74, 6) is 0.781. The Labute approximate surface area is 169 Å². The van der Waals surface area contributed by atoms with E-state index in [1.165, 1.54) is 0 Å². The number of likely N-dealkylation sites (tertiary alicyclic amines) is 1. The van der Waals surface area contributed by atoms with Gasteiger partial charge in [0.1, 0.15) is 5.75 Å². The molecule has 3 rings (SSSR count). The first-order chi connectivity index (χ1) is 13.5. The minimum absolute atomic E-state index is 0.0128. The normalized spacial score (nSPS) is 13.6. The second-order valence-electron chi connectivity index (χ2n) is 6.96. The molecule has 0 atom stereocenters. The van der Waals surface area contributed by atoms with E-state index in [1.807, 2.05) is 43.3 Å². The van der Waals surface area contributed by atoms with Gasteiger partial charge in [0.25, 0.3) is 5.91 Å². The van der Waals surface area contributed by atoms with Crippen LogP contribution in [0, 0.1) is 12.8 Å². The molecular formula is C21H24ClN3O3. The average molecular weight is 402 g/mol. The first kappa shape index (κ1) is 20.0. The molecule has 0 aromatic heterocycles. The minimum atomic E-state index is -0.161. The van der Waals surface area contributed by atoms with Crippen molar-refractivity contribution < 1.29 is 14.3 Å². The summed E-state index contributed by atoms with van der Waals surface area (Å²) in [5, 5.41) is 6.41. The van der Waals surface area contributed by atoms with Crippen LogP contribution in [-0.2, 0) is 11.3 Å². The van der Waals surface area contributed by atoms with Gasteiger partial charge in [0.15, 0.2) is 6.61 Å². The molecule has 1 heterocycles. The van der Waals surface area contributed by atoms with Crippen molar-refractivity contribution in [2.45, 2.75) is 13.5 Å². The van der Waals surface area contributed by atoms with Crippen molar-refractivity contribution in [2.24, 2.45) is 5.92 Å². The number of urea groups is 1. The molecule has 2 aromatic carbocycles. The van der Waals surface area contributed by atoms with Crippen molar-refractivity contribution in [1.29, 1.82) is 0 Å². The Morgan fingerprint density at radius 3 is 2.43 bits per heavy atom. The van der Waals surface area contributed by atoms with Crippen LogP contribution in [0.25, 0.3) is 0 Å². The van der Waals surface area contributed by atoms with Gasteiger partial charge in [-0.25, -0.2) is 4.79 Å². The van der Waals surface area contributed by atoms with Gasteiger partial charge in [0.05, 0.1) is 0 Å². The van der Waals surface area contributed by atoms with Crippen LogP contribution in [0.15, 0.2) is 48.5 Å². The van der Waals surface area contributed by atoms with E-state index < -0.39 is 0 Å². The number of carbonyl (C=O) groups excluding carboxylic acids is 2. The summed E-state index contributed by atoms with van der Waals surface area (Å²) in [6.45, 7) is 4.25. The van der Waals surface area contributed by atoms with Crippen LogP contribution in [0.4, 0.5) is 4.79 Å². The largest absolute Gasteiger partial charge is 0.484 e. The van der Waals surface area contributed by atoms with Crippen molar-refractivity contribution >= 4 is 23.5 Å². The highest BCUT2D eigenvalue weighted by Gasteiger charge is 2.30. The minimum Gasteiger partial charge on any atom is -0.484 e. The van der Waals surface area contributed by atoms with Crippen LogP contribution in [0.1, 0.15) is 11.1 Å². The van der Waals surface area contributed by atoms with Crippen LogP contribution in [0.2, 0.25) is 5.02 Å². The molecule has 0 aliphatic carbocycles. The SMILES string of the molecule is Cc1ccc(OCC(=O)NCC2CN(C(=O)NCc3ccc(Cl)cc3)C2)cc1. The Balaban J connectivity index is 1.28. The van der Waals surface area contributed by atoms with Crippen molar-refractivity contribution in [3.05, 3.63) is 64.7 Å².